The summed E-state index contributed by atoms with van der Waals surface area (Å²) < 4.78 is 63.8. The van der Waals surface area contributed by atoms with Crippen molar-refractivity contribution in [2.24, 2.45) is 11.8 Å². The third kappa shape index (κ3) is 5.66. The normalized spacial score (nSPS) is 20.4. The summed E-state index contributed by atoms with van der Waals surface area (Å²) >= 11 is 0. The number of benzene rings is 1. The first-order valence-corrected chi connectivity index (χ1v) is 13.6. The van der Waals surface area contributed by atoms with Crippen LogP contribution in [0.3, 0.4) is 0 Å². The Bertz CT molecular complexity index is 1480. The number of alkyl halides is 3. The van der Waals surface area contributed by atoms with Crippen LogP contribution in [-0.2, 0) is 10.9 Å². The molecule has 6 nitrogen and oxygen atoms in total. The van der Waals surface area contributed by atoms with Crippen molar-refractivity contribution in [3.8, 4) is 17.2 Å². The van der Waals surface area contributed by atoms with E-state index in [1.54, 1.807) is 6.08 Å². The molecule has 210 valence electrons. The Morgan fingerprint density at radius 3 is 2.55 bits per heavy atom. The van der Waals surface area contributed by atoms with E-state index in [2.05, 4.69) is 11.9 Å². The van der Waals surface area contributed by atoms with Crippen LogP contribution in [0.25, 0.3) is 27.7 Å². The number of allylic oxidation sites excluding steroid dienone is 2. The number of anilines is 1. The molecule has 0 amide bonds. The van der Waals surface area contributed by atoms with E-state index in [1.807, 2.05) is 24.8 Å². The van der Waals surface area contributed by atoms with Crippen molar-refractivity contribution >= 4 is 22.4 Å². The van der Waals surface area contributed by atoms with Gasteiger partial charge in [0.1, 0.15) is 17.2 Å². The number of ether oxygens (including phenoxy) is 1. The van der Waals surface area contributed by atoms with Crippen molar-refractivity contribution in [2.75, 3.05) is 31.2 Å². The molecule has 0 unspecified atom stereocenters. The van der Waals surface area contributed by atoms with Crippen molar-refractivity contribution in [1.29, 1.82) is 5.26 Å². The average Bonchev–Trinajstić information content (AvgIpc) is 3.17. The van der Waals surface area contributed by atoms with Crippen LogP contribution in [0.4, 0.5) is 23.4 Å². The molecule has 2 aromatic heterocycles. The molecule has 2 aliphatic rings. The van der Waals surface area contributed by atoms with E-state index in [-0.39, 0.29) is 45.1 Å². The van der Waals surface area contributed by atoms with Crippen molar-refractivity contribution in [1.82, 2.24) is 15.0 Å². The highest BCUT2D eigenvalue weighted by Gasteiger charge is 2.38. The maximum Gasteiger partial charge on any atom is 0.433 e. The van der Waals surface area contributed by atoms with E-state index in [0.717, 1.165) is 25.0 Å². The largest absolute Gasteiger partial charge is 0.433 e. The van der Waals surface area contributed by atoms with E-state index in [4.69, 9.17) is 14.7 Å². The molecule has 0 N–H and O–H groups in total. The number of hydrogen-bond donors (Lipinski definition) is 0. The van der Waals surface area contributed by atoms with Crippen LogP contribution in [-0.4, -0.2) is 41.3 Å². The summed E-state index contributed by atoms with van der Waals surface area (Å²) in [4.78, 5) is 15.6. The summed E-state index contributed by atoms with van der Waals surface area (Å²) in [6.45, 7) is 7.87. The molecule has 3 aromatic rings. The predicted octanol–water partition coefficient (Wildman–Crippen LogP) is 7.15. The number of hydrogen-bond acceptors (Lipinski definition) is 6. The van der Waals surface area contributed by atoms with Gasteiger partial charge in [0.05, 0.1) is 23.8 Å². The zero-order valence-corrected chi connectivity index (χ0v) is 22.7. The van der Waals surface area contributed by atoms with Crippen LogP contribution >= 0.6 is 0 Å². The van der Waals surface area contributed by atoms with Gasteiger partial charge in [0.15, 0.2) is 11.5 Å². The van der Waals surface area contributed by atoms with Crippen LogP contribution in [0.1, 0.15) is 63.0 Å². The number of fused-ring (bicyclic) bond motifs is 1. The second kappa shape index (κ2) is 11.1. The number of aromatic nitrogens is 3. The molecule has 0 radical (unpaired) electrons. The summed E-state index contributed by atoms with van der Waals surface area (Å²) in [5.74, 6) is 0.879. The van der Waals surface area contributed by atoms with Gasteiger partial charge < -0.3 is 9.64 Å². The highest BCUT2D eigenvalue weighted by molar-refractivity contribution is 5.93. The molecule has 0 bridgehead atoms. The summed E-state index contributed by atoms with van der Waals surface area (Å²) in [6.07, 6.45) is -0.697. The topological polar surface area (TPSA) is 74.9 Å². The second-order valence-corrected chi connectivity index (χ2v) is 11.0. The lowest BCUT2D eigenvalue weighted by molar-refractivity contribution is -0.140. The highest BCUT2D eigenvalue weighted by Crippen LogP contribution is 2.44. The number of nitrogens with zero attached hydrogens (tertiary/aromatic N) is 5. The van der Waals surface area contributed by atoms with Gasteiger partial charge in [-0.05, 0) is 54.9 Å². The van der Waals surface area contributed by atoms with Gasteiger partial charge in [0, 0.05) is 36.7 Å². The van der Waals surface area contributed by atoms with Gasteiger partial charge in [-0.15, -0.1) is 0 Å². The smallest absolute Gasteiger partial charge is 0.380 e. The standard InChI is InChI=1S/C30H31F4N5O/c1-17(2)11-20(16-35)23-14-21(31)5-6-22(23)24-15-25-26(37-27(24)30(32,33)34)29(39-7-4-9-40-10-8-39)38-28(36-25)19-12-18(3)13-19/h5-6,11,14-15,17-19H,4,7-10,12-13H2,1-3H3/b20-11+. The van der Waals surface area contributed by atoms with E-state index >= 15 is 0 Å². The maximum atomic E-state index is 14.6. The van der Waals surface area contributed by atoms with Gasteiger partial charge >= 0.3 is 6.18 Å². The fourth-order valence-corrected chi connectivity index (χ4v) is 5.45. The Labute approximate surface area is 230 Å². The summed E-state index contributed by atoms with van der Waals surface area (Å²) in [5, 5.41) is 9.83. The molecule has 0 atom stereocenters. The van der Waals surface area contributed by atoms with Crippen LogP contribution in [0.15, 0.2) is 30.3 Å². The van der Waals surface area contributed by atoms with Crippen LogP contribution in [0, 0.1) is 29.0 Å². The number of halogens is 4. The molecular formula is C30H31F4N5O. The number of nitriles is 1. The fourth-order valence-electron chi connectivity index (χ4n) is 5.45. The van der Waals surface area contributed by atoms with Gasteiger partial charge in [-0.2, -0.15) is 18.4 Å². The summed E-state index contributed by atoms with van der Waals surface area (Å²) in [6, 6.07) is 6.87. The van der Waals surface area contributed by atoms with Crippen LogP contribution in [0.2, 0.25) is 0 Å². The summed E-state index contributed by atoms with van der Waals surface area (Å²) in [5.41, 5.74) is -0.791. The fraction of sp³-hybridized carbons (Fsp3) is 0.467. The SMILES string of the molecule is CC(C)/C=C(\C#N)c1cc(F)ccc1-c1cc2nc(C3CC(C)C3)nc(N3CCCOCC3)c2nc1C(F)(F)F. The van der Waals surface area contributed by atoms with Crippen molar-refractivity contribution < 1.29 is 22.3 Å². The third-order valence-corrected chi connectivity index (χ3v) is 7.38. The molecule has 0 spiro atoms. The molecule has 40 heavy (non-hydrogen) atoms. The lowest BCUT2D eigenvalue weighted by atomic mass is 9.75. The van der Waals surface area contributed by atoms with E-state index in [9.17, 15) is 22.8 Å². The molecular weight excluding hydrogens is 522 g/mol. The van der Waals surface area contributed by atoms with Gasteiger partial charge in [0.2, 0.25) is 0 Å². The lowest BCUT2D eigenvalue weighted by Gasteiger charge is -2.32. The first-order valence-electron chi connectivity index (χ1n) is 13.6. The van der Waals surface area contributed by atoms with Gasteiger partial charge in [-0.3, -0.25) is 0 Å². The second-order valence-electron chi connectivity index (χ2n) is 11.0. The van der Waals surface area contributed by atoms with Crippen LogP contribution in [0.5, 0.6) is 0 Å². The summed E-state index contributed by atoms with van der Waals surface area (Å²) in [7, 11) is 0. The zero-order valence-electron chi connectivity index (χ0n) is 22.7. The van der Waals surface area contributed by atoms with E-state index in [1.165, 1.54) is 12.1 Å². The number of rotatable bonds is 5. The third-order valence-electron chi connectivity index (χ3n) is 7.38. The Balaban J connectivity index is 1.79. The first kappa shape index (κ1) is 28.0. The Morgan fingerprint density at radius 1 is 1.10 bits per heavy atom. The maximum absolute atomic E-state index is 14.6. The molecule has 1 saturated heterocycles. The molecule has 1 aliphatic heterocycles. The zero-order chi connectivity index (χ0) is 28.6. The monoisotopic (exact) mass is 553 g/mol. The van der Waals surface area contributed by atoms with E-state index < -0.39 is 17.7 Å². The predicted molar refractivity (Wildman–Crippen MR) is 145 cm³/mol. The first-order chi connectivity index (χ1) is 19.0. The molecule has 3 heterocycles. The molecule has 10 heteroatoms. The molecule has 1 aromatic carbocycles. The minimum absolute atomic E-state index is 0.0657. The lowest BCUT2D eigenvalue weighted by Crippen LogP contribution is -2.29. The van der Waals surface area contributed by atoms with Crippen molar-refractivity contribution in [3.63, 3.8) is 0 Å². The average molecular weight is 554 g/mol. The van der Waals surface area contributed by atoms with Gasteiger partial charge in [-0.1, -0.05) is 32.9 Å². The highest BCUT2D eigenvalue weighted by atomic mass is 19.4. The van der Waals surface area contributed by atoms with Crippen molar-refractivity contribution in [2.45, 2.75) is 52.1 Å². The minimum Gasteiger partial charge on any atom is -0.380 e. The minimum atomic E-state index is -4.83. The Morgan fingerprint density at radius 2 is 1.88 bits per heavy atom. The van der Waals surface area contributed by atoms with E-state index in [0.29, 0.717) is 50.3 Å². The van der Waals surface area contributed by atoms with Crippen LogP contribution < -0.4 is 4.90 Å². The Kier molecular flexibility index (Phi) is 7.78. The van der Waals surface area contributed by atoms with Crippen molar-refractivity contribution in [3.05, 3.63) is 53.2 Å². The molecule has 2 fully saturated rings. The van der Waals surface area contributed by atoms with Gasteiger partial charge in [-0.25, -0.2) is 19.3 Å². The quantitative estimate of drug-likeness (QED) is 0.247. The van der Waals surface area contributed by atoms with Gasteiger partial charge in [0.25, 0.3) is 0 Å². The molecule has 5 rings (SSSR count). The molecule has 1 saturated carbocycles. The number of pyridine rings is 1. The Hall–Kier alpha value is -3.58. The molecule has 1 aliphatic carbocycles.